The third-order valence-electron chi connectivity index (χ3n) is 2.08. The molecule has 0 saturated carbocycles. The van der Waals surface area contributed by atoms with Crippen molar-refractivity contribution in [1.82, 2.24) is 0 Å². The monoisotopic (exact) mass is 257 g/mol. The van der Waals surface area contributed by atoms with Crippen molar-refractivity contribution in [2.45, 2.75) is 13.2 Å². The highest BCUT2D eigenvalue weighted by molar-refractivity contribution is 5.90. The normalized spacial score (nSPS) is 10.0. The third kappa shape index (κ3) is 2.93. The Morgan fingerprint density at radius 2 is 2.22 bits per heavy atom. The van der Waals surface area contributed by atoms with Crippen LogP contribution in [0, 0.1) is 11.3 Å². The number of methoxy groups -OCH3 is 1. The Morgan fingerprint density at radius 3 is 2.67 bits per heavy atom. The predicted octanol–water partition coefficient (Wildman–Crippen LogP) is 1.44. The molecule has 0 amide bonds. The highest BCUT2D eigenvalue weighted by Gasteiger charge is 2.18. The minimum atomic E-state index is -3.13. The Balaban J connectivity index is 3.35. The summed E-state index contributed by atoms with van der Waals surface area (Å²) in [5.74, 6) is -1.19. The van der Waals surface area contributed by atoms with Crippen LogP contribution in [0.4, 0.5) is 8.78 Å². The Kier molecular flexibility index (Phi) is 4.57. The number of halogens is 2. The van der Waals surface area contributed by atoms with E-state index in [1.165, 1.54) is 0 Å². The fourth-order valence-corrected chi connectivity index (χ4v) is 1.35. The van der Waals surface area contributed by atoms with Gasteiger partial charge in [0, 0.05) is 5.56 Å². The van der Waals surface area contributed by atoms with Crippen LogP contribution in [0.5, 0.6) is 5.75 Å². The van der Waals surface area contributed by atoms with E-state index < -0.39 is 24.9 Å². The second-order valence-electron chi connectivity index (χ2n) is 3.15. The summed E-state index contributed by atoms with van der Waals surface area (Å²) in [6.45, 7) is -3.78. The van der Waals surface area contributed by atoms with E-state index in [-0.39, 0.29) is 16.7 Å². The van der Waals surface area contributed by atoms with Crippen LogP contribution in [-0.4, -0.2) is 24.8 Å². The summed E-state index contributed by atoms with van der Waals surface area (Å²) >= 11 is 0. The van der Waals surface area contributed by atoms with Crippen LogP contribution in [0.15, 0.2) is 12.1 Å². The number of carbonyl (C=O) groups excluding carboxylic acids is 1. The number of carbonyl (C=O) groups is 1. The second-order valence-corrected chi connectivity index (χ2v) is 3.15. The van der Waals surface area contributed by atoms with E-state index in [1.807, 2.05) is 0 Å². The average Bonchev–Trinajstić information content (AvgIpc) is 2.37. The fraction of sp³-hybridized carbons (Fsp3) is 0.273. The molecule has 0 aromatic heterocycles. The molecule has 0 fully saturated rings. The number of alkyl halides is 2. The van der Waals surface area contributed by atoms with Gasteiger partial charge in [0.15, 0.2) is 0 Å². The van der Waals surface area contributed by atoms with E-state index in [1.54, 1.807) is 6.07 Å². The van der Waals surface area contributed by atoms with Gasteiger partial charge in [-0.2, -0.15) is 14.0 Å². The molecule has 1 aromatic rings. The van der Waals surface area contributed by atoms with E-state index in [4.69, 9.17) is 10.4 Å². The second kappa shape index (κ2) is 5.93. The molecular formula is C11H9F2NO4. The molecule has 1 rings (SSSR count). The molecule has 1 aromatic carbocycles. The van der Waals surface area contributed by atoms with Crippen LogP contribution in [0.3, 0.4) is 0 Å². The molecule has 1 N–H and O–H groups in total. The maximum Gasteiger partial charge on any atom is 0.387 e. The highest BCUT2D eigenvalue weighted by Crippen LogP contribution is 2.27. The zero-order chi connectivity index (χ0) is 13.7. The maximum atomic E-state index is 12.2. The van der Waals surface area contributed by atoms with Gasteiger partial charge >= 0.3 is 12.6 Å². The maximum absolute atomic E-state index is 12.2. The first-order valence-corrected chi connectivity index (χ1v) is 4.74. The summed E-state index contributed by atoms with van der Waals surface area (Å²) in [4.78, 5) is 11.3. The molecule has 0 bridgehead atoms. The van der Waals surface area contributed by atoms with Gasteiger partial charge in [-0.1, -0.05) is 0 Å². The van der Waals surface area contributed by atoms with Crippen molar-refractivity contribution in [1.29, 1.82) is 5.26 Å². The number of aliphatic hydroxyl groups excluding tert-OH is 1. The Labute approximate surface area is 101 Å². The summed E-state index contributed by atoms with van der Waals surface area (Å²) < 4.78 is 32.9. The van der Waals surface area contributed by atoms with E-state index in [0.29, 0.717) is 0 Å². The molecule has 0 heterocycles. The van der Waals surface area contributed by atoms with Crippen molar-refractivity contribution in [3.8, 4) is 11.8 Å². The van der Waals surface area contributed by atoms with Crippen molar-refractivity contribution in [2.75, 3.05) is 7.11 Å². The van der Waals surface area contributed by atoms with Crippen LogP contribution in [0.25, 0.3) is 0 Å². The average molecular weight is 257 g/mol. The molecule has 18 heavy (non-hydrogen) atoms. The summed E-state index contributed by atoms with van der Waals surface area (Å²) in [6.07, 6.45) is 0. The molecule has 0 radical (unpaired) electrons. The quantitative estimate of drug-likeness (QED) is 0.825. The molecule has 7 heteroatoms. The van der Waals surface area contributed by atoms with Gasteiger partial charge in [0.25, 0.3) is 0 Å². The van der Waals surface area contributed by atoms with Gasteiger partial charge in [-0.05, 0) is 12.1 Å². The standard InChI is InChI=1S/C11H9F2NO4/c1-17-10(16)6-2-7(4-14)9(18-11(12)13)8(3-6)5-15/h2-3,11,15H,5H2,1H3. The number of aliphatic hydroxyl groups is 1. The molecule has 0 unspecified atom stereocenters. The molecule has 0 aliphatic carbocycles. The van der Waals surface area contributed by atoms with E-state index in [0.717, 1.165) is 19.2 Å². The van der Waals surface area contributed by atoms with Crippen molar-refractivity contribution in [2.24, 2.45) is 0 Å². The molecule has 96 valence electrons. The lowest BCUT2D eigenvalue weighted by atomic mass is 10.0. The molecule has 0 atom stereocenters. The molecule has 0 aliphatic rings. The SMILES string of the molecule is COC(=O)c1cc(C#N)c(OC(F)F)c(CO)c1. The van der Waals surface area contributed by atoms with Gasteiger partial charge < -0.3 is 14.6 Å². The first-order valence-electron chi connectivity index (χ1n) is 4.74. The first-order chi connectivity index (χ1) is 8.53. The minimum absolute atomic E-state index is 0.0280. The third-order valence-corrected chi connectivity index (χ3v) is 2.08. The van der Waals surface area contributed by atoms with Gasteiger partial charge in [-0.15, -0.1) is 0 Å². The van der Waals surface area contributed by atoms with Crippen LogP contribution in [0.2, 0.25) is 0 Å². The Morgan fingerprint density at radius 1 is 1.56 bits per heavy atom. The molecule has 5 nitrogen and oxygen atoms in total. The van der Waals surface area contributed by atoms with Gasteiger partial charge in [-0.3, -0.25) is 0 Å². The summed E-state index contributed by atoms with van der Waals surface area (Å²) in [5, 5.41) is 17.9. The lowest BCUT2D eigenvalue weighted by Gasteiger charge is -2.12. The summed E-state index contributed by atoms with van der Waals surface area (Å²) in [6, 6.07) is 3.81. The van der Waals surface area contributed by atoms with E-state index in [2.05, 4.69) is 9.47 Å². The van der Waals surface area contributed by atoms with Crippen LogP contribution in [0.1, 0.15) is 21.5 Å². The number of esters is 1. The molecule has 0 aliphatic heterocycles. The highest BCUT2D eigenvalue weighted by atomic mass is 19.3. The number of nitriles is 1. The van der Waals surface area contributed by atoms with Crippen molar-refractivity contribution >= 4 is 5.97 Å². The van der Waals surface area contributed by atoms with Crippen molar-refractivity contribution < 1.29 is 28.2 Å². The molecule has 0 saturated heterocycles. The van der Waals surface area contributed by atoms with Gasteiger partial charge in [-0.25, -0.2) is 4.79 Å². The Bertz CT molecular complexity index is 497. The van der Waals surface area contributed by atoms with E-state index in [9.17, 15) is 13.6 Å². The number of hydrogen-bond acceptors (Lipinski definition) is 5. The van der Waals surface area contributed by atoms with Crippen LogP contribution < -0.4 is 4.74 Å². The summed E-state index contributed by atoms with van der Waals surface area (Å²) in [7, 11) is 1.14. The van der Waals surface area contributed by atoms with Gasteiger partial charge in [0.05, 0.1) is 24.8 Å². The lowest BCUT2D eigenvalue weighted by Crippen LogP contribution is -2.09. The van der Waals surface area contributed by atoms with E-state index >= 15 is 0 Å². The topological polar surface area (TPSA) is 79.6 Å². The smallest absolute Gasteiger partial charge is 0.387 e. The first kappa shape index (κ1) is 13.9. The Hall–Kier alpha value is -2.20. The van der Waals surface area contributed by atoms with Crippen molar-refractivity contribution in [3.63, 3.8) is 0 Å². The number of hydrogen-bond donors (Lipinski definition) is 1. The number of ether oxygens (including phenoxy) is 2. The largest absolute Gasteiger partial charge is 0.465 e. The zero-order valence-electron chi connectivity index (χ0n) is 9.31. The van der Waals surface area contributed by atoms with Crippen LogP contribution in [-0.2, 0) is 11.3 Å². The molecule has 0 spiro atoms. The predicted molar refractivity (Wildman–Crippen MR) is 55.1 cm³/mol. The van der Waals surface area contributed by atoms with Gasteiger partial charge in [0.1, 0.15) is 11.8 Å². The number of benzene rings is 1. The van der Waals surface area contributed by atoms with Crippen LogP contribution >= 0.6 is 0 Å². The lowest BCUT2D eigenvalue weighted by molar-refractivity contribution is -0.0511. The fourth-order valence-electron chi connectivity index (χ4n) is 1.35. The molecular weight excluding hydrogens is 248 g/mol. The number of rotatable bonds is 4. The summed E-state index contributed by atoms with van der Waals surface area (Å²) in [5.41, 5.74) is -0.392. The van der Waals surface area contributed by atoms with Gasteiger partial charge in [0.2, 0.25) is 0 Å². The van der Waals surface area contributed by atoms with Crippen molar-refractivity contribution in [3.05, 3.63) is 28.8 Å². The number of nitrogens with zero attached hydrogens (tertiary/aromatic N) is 1. The minimum Gasteiger partial charge on any atom is -0.465 e. The zero-order valence-corrected chi connectivity index (χ0v) is 9.31.